The fourth-order valence-electron chi connectivity index (χ4n) is 5.76. The molecule has 21 heteroatoms. The van der Waals surface area contributed by atoms with E-state index in [0.717, 1.165) is 6.92 Å². The molecule has 4 rings (SSSR count). The molecule has 0 aliphatic carbocycles. The first-order valence-electron chi connectivity index (χ1n) is 14.9. The summed E-state index contributed by atoms with van der Waals surface area (Å²) in [6, 6.07) is -1.54. The van der Waals surface area contributed by atoms with E-state index in [1.807, 2.05) is 0 Å². The van der Waals surface area contributed by atoms with Crippen molar-refractivity contribution in [2.24, 2.45) is 0 Å². The van der Waals surface area contributed by atoms with Gasteiger partial charge in [-0.3, -0.25) is 4.79 Å². The van der Waals surface area contributed by atoms with Gasteiger partial charge in [0.2, 0.25) is 5.91 Å². The van der Waals surface area contributed by atoms with Crippen molar-refractivity contribution in [3.8, 4) is 0 Å². The summed E-state index contributed by atoms with van der Waals surface area (Å²) in [6.45, 7) is 0.164. The fraction of sp³-hybridized carbons (Fsp3) is 0.962. The van der Waals surface area contributed by atoms with Crippen molar-refractivity contribution in [2.45, 2.75) is 137 Å². The van der Waals surface area contributed by atoms with E-state index in [-0.39, 0.29) is 0 Å². The third-order valence-electron chi connectivity index (χ3n) is 8.55. The van der Waals surface area contributed by atoms with Crippen LogP contribution >= 0.6 is 0 Å². The summed E-state index contributed by atoms with van der Waals surface area (Å²) in [4.78, 5) is 12.0. The summed E-state index contributed by atoms with van der Waals surface area (Å²) >= 11 is 0. The minimum absolute atomic E-state index is 0.681. The zero-order valence-electron chi connectivity index (χ0n) is 25.3. The SMILES string of the molecule is CC(=O)N[C@@H]1[C@@H](O[C@@H]2O[C@H](CO)[C@H](O)[C@H](O)[C@H]2O[C@@H]2O[C@@H](C)[C@@H](O)[C@@H](O)[C@@H]2O)[C@@H](O)[C@@H](CO[C@@H]2O[C@H](CO)[C@H](O)[C@H](O)[C@H]2O)O[C@@H]1O. The van der Waals surface area contributed by atoms with Crippen molar-refractivity contribution in [1.29, 1.82) is 0 Å². The van der Waals surface area contributed by atoms with Gasteiger partial charge in [-0.2, -0.15) is 0 Å². The van der Waals surface area contributed by atoms with E-state index in [1.54, 1.807) is 0 Å². The highest BCUT2D eigenvalue weighted by Crippen LogP contribution is 2.33. The van der Waals surface area contributed by atoms with Gasteiger partial charge in [-0.25, -0.2) is 0 Å². The molecule has 0 unspecified atom stereocenters. The lowest BCUT2D eigenvalue weighted by molar-refractivity contribution is -0.381. The number of amides is 1. The molecule has 0 aromatic rings. The number of carbonyl (C=O) groups is 1. The number of hydrogen-bond acceptors (Lipinski definition) is 20. The summed E-state index contributed by atoms with van der Waals surface area (Å²) in [6.07, 6.45) is -32.0. The van der Waals surface area contributed by atoms with Gasteiger partial charge in [0.25, 0.3) is 0 Å². The predicted molar refractivity (Wildman–Crippen MR) is 144 cm³/mol. The zero-order chi connectivity index (χ0) is 34.9. The molecule has 0 aromatic heterocycles. The number of carbonyl (C=O) groups excluding carboxylic acids is 1. The minimum Gasteiger partial charge on any atom is -0.394 e. The second-order valence-corrected chi connectivity index (χ2v) is 11.9. The van der Waals surface area contributed by atoms with E-state index >= 15 is 0 Å². The van der Waals surface area contributed by atoms with Gasteiger partial charge in [-0.15, -0.1) is 0 Å². The summed E-state index contributed by atoms with van der Waals surface area (Å²) in [5.74, 6) is -0.712. The fourth-order valence-corrected chi connectivity index (χ4v) is 5.76. The normalized spacial score (nSPS) is 51.0. The molecule has 0 radical (unpaired) electrons. The van der Waals surface area contributed by atoms with E-state index in [9.17, 15) is 66.1 Å². The Labute approximate surface area is 267 Å². The minimum atomic E-state index is -1.92. The topological polar surface area (TPSA) is 336 Å². The van der Waals surface area contributed by atoms with Gasteiger partial charge in [-0.1, -0.05) is 0 Å². The molecule has 274 valence electrons. The van der Waals surface area contributed by atoms with Crippen molar-refractivity contribution in [3.05, 3.63) is 0 Å². The second-order valence-electron chi connectivity index (χ2n) is 11.9. The molecule has 4 saturated heterocycles. The third kappa shape index (κ3) is 8.20. The van der Waals surface area contributed by atoms with E-state index in [1.165, 1.54) is 6.92 Å². The average molecular weight is 692 g/mol. The molecule has 21 nitrogen and oxygen atoms in total. The predicted octanol–water partition coefficient (Wildman–Crippen LogP) is -8.58. The Balaban J connectivity index is 1.56. The number of hydrogen-bond donors (Lipinski definition) is 13. The van der Waals surface area contributed by atoms with E-state index in [0.29, 0.717) is 0 Å². The average Bonchev–Trinajstić information content (AvgIpc) is 3.03. The smallest absolute Gasteiger partial charge is 0.217 e. The molecule has 0 spiro atoms. The molecule has 4 aliphatic heterocycles. The lowest BCUT2D eigenvalue weighted by Crippen LogP contribution is -2.69. The van der Waals surface area contributed by atoms with Gasteiger partial charge in [0.05, 0.1) is 25.9 Å². The van der Waals surface area contributed by atoms with Crippen LogP contribution in [-0.4, -0.2) is 210 Å². The Morgan fingerprint density at radius 2 is 1.13 bits per heavy atom. The number of ether oxygens (including phenoxy) is 7. The molecular formula is C26H45NO20. The first-order chi connectivity index (χ1) is 22.1. The number of nitrogens with one attached hydrogen (secondary N) is 1. The Morgan fingerprint density at radius 3 is 1.72 bits per heavy atom. The summed E-state index contributed by atoms with van der Waals surface area (Å²) < 4.78 is 38.7. The van der Waals surface area contributed by atoms with Crippen LogP contribution in [0.15, 0.2) is 0 Å². The van der Waals surface area contributed by atoms with Gasteiger partial charge in [0.15, 0.2) is 25.2 Å². The Hall–Kier alpha value is -1.29. The largest absolute Gasteiger partial charge is 0.394 e. The number of rotatable bonds is 10. The maximum absolute atomic E-state index is 12.0. The van der Waals surface area contributed by atoms with Gasteiger partial charge < -0.3 is 99.8 Å². The van der Waals surface area contributed by atoms with Gasteiger partial charge >= 0.3 is 0 Å². The van der Waals surface area contributed by atoms with E-state index in [2.05, 4.69) is 5.32 Å². The Kier molecular flexibility index (Phi) is 13.2. The van der Waals surface area contributed by atoms with Crippen LogP contribution in [0.1, 0.15) is 13.8 Å². The molecule has 47 heavy (non-hydrogen) atoms. The van der Waals surface area contributed by atoms with Crippen molar-refractivity contribution < 1.29 is 99.2 Å². The maximum atomic E-state index is 12.0. The first kappa shape index (κ1) is 38.5. The molecule has 20 atom stereocenters. The van der Waals surface area contributed by atoms with Crippen LogP contribution in [0.3, 0.4) is 0 Å². The third-order valence-corrected chi connectivity index (χ3v) is 8.55. The van der Waals surface area contributed by atoms with Gasteiger partial charge in [0.1, 0.15) is 91.5 Å². The lowest BCUT2D eigenvalue weighted by Gasteiger charge is -2.49. The summed E-state index contributed by atoms with van der Waals surface area (Å²) in [5, 5.41) is 126. The van der Waals surface area contributed by atoms with E-state index in [4.69, 9.17) is 33.2 Å². The zero-order valence-corrected chi connectivity index (χ0v) is 25.3. The van der Waals surface area contributed by atoms with Crippen molar-refractivity contribution in [3.63, 3.8) is 0 Å². The van der Waals surface area contributed by atoms with Gasteiger partial charge in [-0.05, 0) is 6.92 Å². The van der Waals surface area contributed by atoms with Crippen molar-refractivity contribution in [2.75, 3.05) is 19.8 Å². The molecule has 13 N–H and O–H groups in total. The van der Waals surface area contributed by atoms with Crippen LogP contribution in [-0.2, 0) is 38.0 Å². The highest BCUT2D eigenvalue weighted by molar-refractivity contribution is 5.73. The standard InChI is InChI=1S/C26H45NO20/c1-6-12(31)16(35)20(39)25(42-6)47-22-18(37)14(33)9(4-29)45-26(22)46-21-11(27-7(2)30)23(40)43-10(15(21)34)5-41-24-19(38)17(36)13(32)8(3-28)44-24/h6,8-26,28-29,31-40H,3-5H2,1-2H3,(H,27,30)/t6-,8+,9+,10+,11+,12+,13-,14-,15-,16+,17-,18-,19+,20-,21+,22+,23-,24+,25-,26-/m0/s1. The highest BCUT2D eigenvalue weighted by Gasteiger charge is 2.54. The lowest BCUT2D eigenvalue weighted by atomic mass is 9.95. The maximum Gasteiger partial charge on any atom is 0.217 e. The number of aliphatic hydroxyl groups is 12. The molecule has 0 aromatic carbocycles. The Bertz CT molecular complexity index is 1010. The van der Waals surface area contributed by atoms with E-state index < -0.39 is 148 Å². The first-order valence-corrected chi connectivity index (χ1v) is 14.9. The summed E-state index contributed by atoms with van der Waals surface area (Å²) in [7, 11) is 0. The summed E-state index contributed by atoms with van der Waals surface area (Å²) in [5.41, 5.74) is 0. The van der Waals surface area contributed by atoms with Crippen LogP contribution in [0.4, 0.5) is 0 Å². The van der Waals surface area contributed by atoms with Gasteiger partial charge in [0, 0.05) is 6.92 Å². The Morgan fingerprint density at radius 1 is 0.596 bits per heavy atom. The monoisotopic (exact) mass is 691 g/mol. The molecule has 4 aliphatic rings. The molecular weight excluding hydrogens is 646 g/mol. The van der Waals surface area contributed by atoms with Crippen LogP contribution in [0.5, 0.6) is 0 Å². The van der Waals surface area contributed by atoms with Crippen molar-refractivity contribution >= 4 is 5.91 Å². The van der Waals surface area contributed by atoms with Crippen LogP contribution in [0, 0.1) is 0 Å². The number of aliphatic hydroxyl groups excluding tert-OH is 12. The van der Waals surface area contributed by atoms with Crippen molar-refractivity contribution in [1.82, 2.24) is 5.32 Å². The molecule has 1 amide bonds. The van der Waals surface area contributed by atoms with Crippen LogP contribution < -0.4 is 5.32 Å². The quantitative estimate of drug-likeness (QED) is 0.101. The molecule has 0 bridgehead atoms. The molecule has 4 heterocycles. The molecule has 0 saturated carbocycles. The highest BCUT2D eigenvalue weighted by atomic mass is 16.8. The second kappa shape index (κ2) is 16.2. The van der Waals surface area contributed by atoms with Crippen LogP contribution in [0.2, 0.25) is 0 Å². The molecule has 4 fully saturated rings. The van der Waals surface area contributed by atoms with Crippen LogP contribution in [0.25, 0.3) is 0 Å².